The van der Waals surface area contributed by atoms with Crippen molar-refractivity contribution in [1.82, 2.24) is 0 Å². The standard InChI is InChI=1S/2C29H43O4P.Al/c1-26(2,3)20-14-18-13-19-15-21(27(4,5)6)17-23(29(10,11)12)25(19)33-34(30,31)32-24(18)22(16-20)28(7,8)9;1-17(2)19-13-21-18(3)22-15-20(27(4,5)6)16-24(29(10,11)12)26(22)33-34(30,31)32-25(21)23(14-19)28(7,8)9;/h14-17H,13H2,1-12H3,(H,30,31);13-18H,1-12H3,(H,30,31);/q;;+2/p-2. The molecule has 69 heavy (non-hydrogen) atoms. The van der Waals surface area contributed by atoms with Crippen LogP contribution in [-0.4, -0.2) is 15.9 Å². The van der Waals surface area contributed by atoms with E-state index in [2.05, 4.69) is 215 Å². The van der Waals surface area contributed by atoms with Crippen LogP contribution in [0.2, 0.25) is 0 Å². The first-order chi connectivity index (χ1) is 31.0. The van der Waals surface area contributed by atoms with Gasteiger partial charge in [-0.15, -0.1) is 0 Å². The van der Waals surface area contributed by atoms with Crippen LogP contribution in [0.5, 0.6) is 23.0 Å². The van der Waals surface area contributed by atoms with Gasteiger partial charge in [0.1, 0.15) is 23.0 Å². The molecule has 2 unspecified atom stereocenters. The minimum absolute atomic E-state index is 0.193. The molecule has 2 aliphatic heterocycles. The Morgan fingerprint density at radius 3 is 1.09 bits per heavy atom. The van der Waals surface area contributed by atoms with Gasteiger partial charge in [-0.1, -0.05) is 215 Å². The van der Waals surface area contributed by atoms with Gasteiger partial charge in [0.25, 0.3) is 0 Å². The molecule has 0 spiro atoms. The Bertz CT molecular complexity index is 2630. The molecule has 0 N–H and O–H groups in total. The molecule has 0 bridgehead atoms. The molecule has 0 fully saturated rings. The zero-order valence-corrected chi connectivity index (χ0v) is 49.7. The van der Waals surface area contributed by atoms with E-state index in [1.165, 1.54) is 0 Å². The van der Waals surface area contributed by atoms with Crippen LogP contribution in [0.3, 0.4) is 0 Å². The van der Waals surface area contributed by atoms with Crippen LogP contribution in [0.15, 0.2) is 48.5 Å². The van der Waals surface area contributed by atoms with Gasteiger partial charge in [-0.05, 0) is 77.2 Å². The Kier molecular flexibility index (Phi) is 14.6. The molecule has 4 aromatic carbocycles. The number of fused-ring (bicyclic) bond motifs is 4. The molecule has 11 heteroatoms. The highest BCUT2D eigenvalue weighted by Crippen LogP contribution is 2.62. The molecule has 0 saturated carbocycles. The van der Waals surface area contributed by atoms with Crippen molar-refractivity contribution in [3.63, 3.8) is 0 Å². The normalized spacial score (nSPS) is 18.9. The number of hydrogen-bond acceptors (Lipinski definition) is 8. The van der Waals surface area contributed by atoms with Crippen molar-refractivity contribution >= 4 is 31.5 Å². The molecule has 377 valence electrons. The van der Waals surface area contributed by atoms with Crippen molar-refractivity contribution in [2.24, 2.45) is 0 Å². The van der Waals surface area contributed by atoms with Crippen LogP contribution in [0.1, 0.15) is 245 Å². The van der Waals surface area contributed by atoms with Crippen molar-refractivity contribution < 1.29 is 34.4 Å². The lowest BCUT2D eigenvalue weighted by Crippen LogP contribution is -2.24. The highest BCUT2D eigenvalue weighted by molar-refractivity contribution is 7.52. The zero-order chi connectivity index (χ0) is 52.2. The van der Waals surface area contributed by atoms with Crippen LogP contribution in [0, 0.1) is 0 Å². The van der Waals surface area contributed by atoms with Gasteiger partial charge in [0.05, 0.1) is 0 Å². The predicted molar refractivity (Wildman–Crippen MR) is 287 cm³/mol. The van der Waals surface area contributed by atoms with Crippen LogP contribution in [0.25, 0.3) is 0 Å². The van der Waals surface area contributed by atoms with Gasteiger partial charge in [-0.3, -0.25) is 0 Å². The molecule has 1 radical (unpaired) electrons. The summed E-state index contributed by atoms with van der Waals surface area (Å²) < 4.78 is 71.7. The minimum atomic E-state index is -4.66. The van der Waals surface area contributed by atoms with Gasteiger partial charge in [-0.25, -0.2) is 9.13 Å². The Morgan fingerprint density at radius 2 is 0.754 bits per heavy atom. The maximum atomic E-state index is 15.9. The number of phosphoric acid groups is 2. The predicted octanol–water partition coefficient (Wildman–Crippen LogP) is 17.7. The number of hydrogen-bond donors (Lipinski definition) is 0. The SMILES string of the molecule is CC(C)c1cc2c(c(C(C)(C)C)c1)OP(=O)([O][Al][O]P1(=O)Oc3c(cc(C(C)(C)C)cc3C(C)(C)C)Cc3cc(C(C)(C)C)cc(C(C)(C)C)c3O1)Oc1c(cc(C(C)(C)C)cc1C(C)(C)C)C2C. The fourth-order valence-electron chi connectivity index (χ4n) is 8.96. The molecule has 2 atom stereocenters. The van der Waals surface area contributed by atoms with E-state index in [4.69, 9.17) is 25.2 Å². The Labute approximate surface area is 424 Å². The van der Waals surface area contributed by atoms with Crippen LogP contribution >= 0.6 is 15.6 Å². The van der Waals surface area contributed by atoms with Gasteiger partial charge >= 0.3 is 31.5 Å². The Balaban J connectivity index is 1.58. The van der Waals surface area contributed by atoms with Crippen LogP contribution < -0.4 is 18.1 Å². The molecule has 6 rings (SSSR count). The van der Waals surface area contributed by atoms with Crippen molar-refractivity contribution in [2.45, 2.75) is 222 Å². The lowest BCUT2D eigenvalue weighted by molar-refractivity contribution is 0.256. The fraction of sp³-hybridized carbons (Fsp3) is 0.586. The van der Waals surface area contributed by atoms with Gasteiger partial charge in [0.15, 0.2) is 0 Å². The molecule has 8 nitrogen and oxygen atoms in total. The van der Waals surface area contributed by atoms with Crippen LogP contribution in [-0.2, 0) is 60.6 Å². The second kappa shape index (κ2) is 18.2. The van der Waals surface area contributed by atoms with Crippen LogP contribution in [0.4, 0.5) is 0 Å². The summed E-state index contributed by atoms with van der Waals surface area (Å²) in [6.07, 6.45) is 0.476. The van der Waals surface area contributed by atoms with Gasteiger partial charge in [-0.2, -0.15) is 0 Å². The number of rotatable bonds is 5. The Morgan fingerprint density at radius 1 is 0.449 bits per heavy atom. The summed E-state index contributed by atoms with van der Waals surface area (Å²) in [4.78, 5) is 0. The zero-order valence-electron chi connectivity index (χ0n) is 46.7. The minimum Gasteiger partial charge on any atom is -0.396 e. The number of phosphoric ester groups is 2. The van der Waals surface area contributed by atoms with Crippen molar-refractivity contribution in [3.05, 3.63) is 115 Å². The van der Waals surface area contributed by atoms with E-state index >= 15 is 9.13 Å². The van der Waals surface area contributed by atoms with Crippen molar-refractivity contribution in [2.75, 3.05) is 0 Å². The van der Waals surface area contributed by atoms with E-state index in [1.54, 1.807) is 0 Å². The highest BCUT2D eigenvalue weighted by Gasteiger charge is 2.46. The summed E-state index contributed by atoms with van der Waals surface area (Å²) >= 11 is -1.87. The van der Waals surface area contributed by atoms with Gasteiger partial charge in [0, 0.05) is 45.7 Å². The maximum Gasteiger partial charge on any atom is 0.689 e. The average Bonchev–Trinajstić information content (AvgIpc) is 3.14. The Hall–Kier alpha value is -3.01. The van der Waals surface area contributed by atoms with E-state index < -0.39 is 53.2 Å². The quantitative estimate of drug-likeness (QED) is 0.144. The summed E-state index contributed by atoms with van der Waals surface area (Å²) in [5.74, 6) is 1.80. The average molecular weight is 998 g/mol. The molecular formula is C58H84AlO8P2. The molecule has 4 aromatic rings. The molecular weight excluding hydrogens is 914 g/mol. The molecule has 0 aromatic heterocycles. The molecule has 0 saturated heterocycles. The lowest BCUT2D eigenvalue weighted by atomic mass is 9.75. The van der Waals surface area contributed by atoms with Gasteiger partial charge < -0.3 is 25.2 Å². The third kappa shape index (κ3) is 11.9. The van der Waals surface area contributed by atoms with Crippen molar-refractivity contribution in [3.8, 4) is 23.0 Å². The molecule has 2 aliphatic rings. The molecule has 0 aliphatic carbocycles. The first kappa shape index (κ1) is 55.3. The monoisotopic (exact) mass is 998 g/mol. The first-order valence-corrected chi connectivity index (χ1v) is 28.8. The maximum absolute atomic E-state index is 15.9. The van der Waals surface area contributed by atoms with Crippen molar-refractivity contribution in [1.29, 1.82) is 0 Å². The van der Waals surface area contributed by atoms with E-state index in [-0.39, 0.29) is 28.1 Å². The van der Waals surface area contributed by atoms with E-state index in [1.807, 2.05) is 0 Å². The summed E-state index contributed by atoms with van der Waals surface area (Å²) in [5, 5.41) is 0. The lowest BCUT2D eigenvalue weighted by Gasteiger charge is -2.36. The summed E-state index contributed by atoms with van der Waals surface area (Å²) in [5.41, 5.74) is 9.32. The molecule has 0 amide bonds. The third-order valence-corrected chi connectivity index (χ3v) is 17.9. The van der Waals surface area contributed by atoms with E-state index in [0.717, 1.165) is 66.8 Å². The molecule has 2 heterocycles. The van der Waals surface area contributed by atoms with E-state index in [0.29, 0.717) is 29.4 Å². The summed E-state index contributed by atoms with van der Waals surface area (Å²) in [7, 11) is -9.30. The third-order valence-electron chi connectivity index (χ3n) is 13.6. The topological polar surface area (TPSA) is 89.5 Å². The largest absolute Gasteiger partial charge is 0.689 e. The second-order valence-corrected chi connectivity index (χ2v) is 31.7. The second-order valence-electron chi connectivity index (χ2n) is 27.3. The smallest absolute Gasteiger partial charge is 0.396 e. The fourth-order valence-corrected chi connectivity index (χ4v) is 12.8. The van der Waals surface area contributed by atoms with E-state index in [9.17, 15) is 0 Å². The summed E-state index contributed by atoms with van der Waals surface area (Å²) in [6, 6.07) is 17.3. The first-order valence-electron chi connectivity index (χ1n) is 24.9. The summed E-state index contributed by atoms with van der Waals surface area (Å²) in [6.45, 7) is 51.9. The van der Waals surface area contributed by atoms with Gasteiger partial charge in [0.2, 0.25) is 0 Å². The number of benzene rings is 4. The highest BCUT2D eigenvalue weighted by atomic mass is 31.2.